The van der Waals surface area contributed by atoms with Crippen molar-refractivity contribution in [1.29, 1.82) is 0 Å². The largest absolute Gasteiger partial charge is 0.479 e. The Kier molecular flexibility index (Phi) is 3.59. The van der Waals surface area contributed by atoms with Crippen LogP contribution in [0.2, 0.25) is 0 Å². The normalized spacial score (nSPS) is 17.6. The first-order valence-corrected chi connectivity index (χ1v) is 8.35. The molecular formula is C15H15NO3S2. The van der Waals surface area contributed by atoms with Crippen LogP contribution in [0.25, 0.3) is 0 Å². The third kappa shape index (κ3) is 2.38. The third-order valence-electron chi connectivity index (χ3n) is 3.84. The van der Waals surface area contributed by atoms with E-state index in [1.54, 1.807) is 11.3 Å². The van der Waals surface area contributed by atoms with Gasteiger partial charge >= 0.3 is 5.97 Å². The Labute approximate surface area is 130 Å². The van der Waals surface area contributed by atoms with Crippen LogP contribution < -0.4 is 0 Å². The fraction of sp³-hybridized carbons (Fsp3) is 0.333. The Morgan fingerprint density at radius 3 is 2.76 bits per heavy atom. The molecule has 3 heterocycles. The van der Waals surface area contributed by atoms with E-state index in [4.69, 9.17) is 0 Å². The summed E-state index contributed by atoms with van der Waals surface area (Å²) in [6.45, 7) is 4.39. The Morgan fingerprint density at radius 2 is 2.14 bits per heavy atom. The van der Waals surface area contributed by atoms with E-state index >= 15 is 0 Å². The molecule has 3 rings (SSSR count). The maximum Gasteiger partial charge on any atom is 0.331 e. The summed E-state index contributed by atoms with van der Waals surface area (Å²) >= 11 is 3.00. The van der Waals surface area contributed by atoms with E-state index in [1.807, 2.05) is 31.4 Å². The molecule has 1 atom stereocenters. The lowest BCUT2D eigenvalue weighted by molar-refractivity contribution is -0.142. The van der Waals surface area contributed by atoms with Crippen LogP contribution in [0.1, 0.15) is 36.6 Å². The molecule has 1 unspecified atom stereocenters. The van der Waals surface area contributed by atoms with E-state index in [0.717, 1.165) is 27.3 Å². The average Bonchev–Trinajstić information content (AvgIpc) is 3.03. The molecule has 0 bridgehead atoms. The van der Waals surface area contributed by atoms with E-state index in [0.29, 0.717) is 11.4 Å². The number of aryl methyl sites for hydroxylation is 2. The number of carbonyl (C=O) groups excluding carboxylic acids is 1. The van der Waals surface area contributed by atoms with E-state index in [-0.39, 0.29) is 5.91 Å². The number of hydrogen-bond acceptors (Lipinski definition) is 4. The summed E-state index contributed by atoms with van der Waals surface area (Å²) in [5.74, 6) is -1.15. The van der Waals surface area contributed by atoms with Crippen molar-refractivity contribution in [2.45, 2.75) is 26.3 Å². The van der Waals surface area contributed by atoms with Crippen LogP contribution in [-0.2, 0) is 11.2 Å². The lowest BCUT2D eigenvalue weighted by atomic mass is 10.00. The van der Waals surface area contributed by atoms with Gasteiger partial charge in [-0.15, -0.1) is 22.7 Å². The van der Waals surface area contributed by atoms with E-state index in [2.05, 4.69) is 0 Å². The van der Waals surface area contributed by atoms with Gasteiger partial charge in [0.2, 0.25) is 0 Å². The molecule has 2 aromatic heterocycles. The summed E-state index contributed by atoms with van der Waals surface area (Å²) in [7, 11) is 0. The Morgan fingerprint density at radius 1 is 1.38 bits per heavy atom. The molecule has 0 saturated carbocycles. The van der Waals surface area contributed by atoms with Gasteiger partial charge in [0, 0.05) is 16.3 Å². The Hall–Kier alpha value is -1.66. The molecule has 1 N–H and O–H groups in total. The number of carboxylic acids is 1. The molecule has 1 aliphatic rings. The van der Waals surface area contributed by atoms with Gasteiger partial charge in [-0.05, 0) is 48.9 Å². The number of nitrogens with zero attached hydrogens (tertiary/aromatic N) is 1. The second-order valence-corrected chi connectivity index (χ2v) is 7.40. The quantitative estimate of drug-likeness (QED) is 0.924. The third-order valence-corrected chi connectivity index (χ3v) is 5.97. The topological polar surface area (TPSA) is 57.6 Å². The van der Waals surface area contributed by atoms with Crippen molar-refractivity contribution >= 4 is 34.6 Å². The molecule has 0 saturated heterocycles. The molecule has 0 aromatic carbocycles. The molecule has 0 radical (unpaired) electrons. The highest BCUT2D eigenvalue weighted by Crippen LogP contribution is 2.35. The van der Waals surface area contributed by atoms with E-state index in [9.17, 15) is 14.7 Å². The van der Waals surface area contributed by atoms with Crippen molar-refractivity contribution in [3.63, 3.8) is 0 Å². The predicted molar refractivity (Wildman–Crippen MR) is 83.2 cm³/mol. The molecule has 0 fully saturated rings. The fourth-order valence-corrected chi connectivity index (χ4v) is 4.52. The maximum atomic E-state index is 12.7. The number of hydrogen-bond donors (Lipinski definition) is 1. The van der Waals surface area contributed by atoms with Gasteiger partial charge in [-0.1, -0.05) is 0 Å². The van der Waals surface area contributed by atoms with Gasteiger partial charge in [0.15, 0.2) is 6.04 Å². The first-order valence-electron chi connectivity index (χ1n) is 6.66. The minimum absolute atomic E-state index is 0.180. The highest BCUT2D eigenvalue weighted by Gasteiger charge is 2.37. The second kappa shape index (κ2) is 5.27. The van der Waals surface area contributed by atoms with Gasteiger partial charge in [-0.25, -0.2) is 4.79 Å². The number of carboxylic acid groups (broad SMARTS) is 1. The average molecular weight is 321 g/mol. The zero-order valence-corrected chi connectivity index (χ0v) is 13.4. The summed E-state index contributed by atoms with van der Waals surface area (Å²) in [6.07, 6.45) is 0.728. The maximum absolute atomic E-state index is 12.7. The van der Waals surface area contributed by atoms with Crippen molar-refractivity contribution in [2.75, 3.05) is 6.54 Å². The highest BCUT2D eigenvalue weighted by molar-refractivity contribution is 7.14. The van der Waals surface area contributed by atoms with Crippen molar-refractivity contribution in [3.05, 3.63) is 43.3 Å². The van der Waals surface area contributed by atoms with Gasteiger partial charge in [-0.2, -0.15) is 0 Å². The zero-order chi connectivity index (χ0) is 15.1. The summed E-state index contributed by atoms with van der Waals surface area (Å²) in [6, 6.07) is 2.81. The molecule has 110 valence electrons. The Bertz CT molecular complexity index is 697. The van der Waals surface area contributed by atoms with E-state index < -0.39 is 12.0 Å². The molecule has 21 heavy (non-hydrogen) atoms. The molecule has 1 amide bonds. The number of carbonyl (C=O) groups is 2. The van der Waals surface area contributed by atoms with Crippen LogP contribution in [0.15, 0.2) is 17.5 Å². The van der Waals surface area contributed by atoms with Crippen LogP contribution in [-0.4, -0.2) is 28.4 Å². The highest BCUT2D eigenvalue weighted by atomic mass is 32.1. The minimum Gasteiger partial charge on any atom is -0.479 e. The molecule has 4 nitrogen and oxygen atoms in total. The lowest BCUT2D eigenvalue weighted by Gasteiger charge is -2.32. The SMILES string of the molecule is Cc1cc(C(=O)N2CCc3sccc3C2C(=O)O)sc1C. The monoisotopic (exact) mass is 321 g/mol. The molecule has 2 aromatic rings. The van der Waals surface area contributed by atoms with Gasteiger partial charge < -0.3 is 10.0 Å². The second-order valence-electron chi connectivity index (χ2n) is 5.14. The lowest BCUT2D eigenvalue weighted by Crippen LogP contribution is -2.42. The van der Waals surface area contributed by atoms with E-state index in [1.165, 1.54) is 16.2 Å². The number of thiophene rings is 2. The number of fused-ring (bicyclic) bond motifs is 1. The molecule has 6 heteroatoms. The van der Waals surface area contributed by atoms with Gasteiger partial charge in [-0.3, -0.25) is 4.79 Å². The first kappa shape index (κ1) is 14.3. The van der Waals surface area contributed by atoms with Crippen LogP contribution in [0.4, 0.5) is 0 Å². The zero-order valence-electron chi connectivity index (χ0n) is 11.8. The predicted octanol–water partition coefficient (Wildman–Crippen LogP) is 3.25. The van der Waals surface area contributed by atoms with Crippen LogP contribution in [0.5, 0.6) is 0 Å². The van der Waals surface area contributed by atoms with Crippen LogP contribution in [0, 0.1) is 13.8 Å². The smallest absolute Gasteiger partial charge is 0.331 e. The van der Waals surface area contributed by atoms with Crippen molar-refractivity contribution < 1.29 is 14.7 Å². The molecule has 1 aliphatic heterocycles. The number of aliphatic carboxylic acids is 1. The number of amides is 1. The first-order chi connectivity index (χ1) is 9.99. The molecule has 0 aliphatic carbocycles. The summed E-state index contributed by atoms with van der Waals surface area (Å²) in [5, 5.41) is 11.4. The van der Waals surface area contributed by atoms with Crippen LogP contribution in [0.3, 0.4) is 0 Å². The van der Waals surface area contributed by atoms with Gasteiger partial charge in [0.25, 0.3) is 5.91 Å². The van der Waals surface area contributed by atoms with Crippen LogP contribution >= 0.6 is 22.7 Å². The van der Waals surface area contributed by atoms with Gasteiger partial charge in [0.05, 0.1) is 4.88 Å². The summed E-state index contributed by atoms with van der Waals surface area (Å²) in [4.78, 5) is 28.6. The van der Waals surface area contributed by atoms with Crippen molar-refractivity contribution in [3.8, 4) is 0 Å². The number of rotatable bonds is 2. The van der Waals surface area contributed by atoms with Gasteiger partial charge in [0.1, 0.15) is 0 Å². The summed E-state index contributed by atoms with van der Waals surface area (Å²) in [5.41, 5.74) is 1.83. The molecular weight excluding hydrogens is 306 g/mol. The minimum atomic E-state index is -0.965. The fourth-order valence-electron chi connectivity index (χ4n) is 2.62. The van der Waals surface area contributed by atoms with Crippen molar-refractivity contribution in [2.24, 2.45) is 0 Å². The standard InChI is InChI=1S/C15H15NO3S2/c1-8-7-12(21-9(8)2)14(17)16-5-3-11-10(4-6-20-11)13(16)15(18)19/h4,6-7,13H,3,5H2,1-2H3,(H,18,19). The Balaban J connectivity index is 1.98. The molecule has 0 spiro atoms. The summed E-state index contributed by atoms with van der Waals surface area (Å²) < 4.78 is 0. The van der Waals surface area contributed by atoms with Crippen molar-refractivity contribution in [1.82, 2.24) is 4.90 Å².